The molecule has 1 N–H and O–H groups in total. The van der Waals surface area contributed by atoms with Gasteiger partial charge < -0.3 is 5.32 Å². The maximum atomic E-state index is 12.7. The van der Waals surface area contributed by atoms with E-state index in [4.69, 9.17) is 0 Å². The van der Waals surface area contributed by atoms with Crippen molar-refractivity contribution in [2.24, 2.45) is 0 Å². The van der Waals surface area contributed by atoms with Crippen molar-refractivity contribution in [3.05, 3.63) is 29.3 Å². The minimum absolute atomic E-state index is 0.449. The number of hydrogen-bond acceptors (Lipinski definition) is 3. The lowest BCUT2D eigenvalue weighted by molar-refractivity contribution is 0.292. The van der Waals surface area contributed by atoms with Crippen LogP contribution in [0.1, 0.15) is 30.9 Å². The molecule has 5 heteroatoms. The van der Waals surface area contributed by atoms with Crippen LogP contribution >= 0.6 is 0 Å². The Morgan fingerprint density at radius 2 is 1.90 bits per heavy atom. The Balaban J connectivity index is 2.18. The second kappa shape index (κ2) is 6.24. The summed E-state index contributed by atoms with van der Waals surface area (Å²) in [7, 11) is -3.35. The van der Waals surface area contributed by atoms with Gasteiger partial charge in [0.2, 0.25) is 10.0 Å². The van der Waals surface area contributed by atoms with Gasteiger partial charge in [0.05, 0.1) is 4.90 Å². The topological polar surface area (TPSA) is 49.4 Å². The van der Waals surface area contributed by atoms with E-state index in [2.05, 4.69) is 12.2 Å². The number of nitrogens with one attached hydrogen (secondary N) is 1. The predicted molar refractivity (Wildman–Crippen MR) is 81.4 cm³/mol. The molecule has 0 aliphatic carbocycles. The van der Waals surface area contributed by atoms with E-state index < -0.39 is 10.0 Å². The van der Waals surface area contributed by atoms with Crippen LogP contribution in [0.5, 0.6) is 0 Å². The highest BCUT2D eigenvalue weighted by Gasteiger charge is 2.30. The molecule has 2 rings (SSSR count). The van der Waals surface area contributed by atoms with Crippen molar-refractivity contribution in [3.63, 3.8) is 0 Å². The van der Waals surface area contributed by atoms with Gasteiger partial charge in [0.25, 0.3) is 0 Å². The fourth-order valence-electron chi connectivity index (χ4n) is 2.71. The van der Waals surface area contributed by atoms with Gasteiger partial charge in [0.1, 0.15) is 0 Å². The van der Waals surface area contributed by atoms with Crippen molar-refractivity contribution >= 4 is 10.0 Å². The highest BCUT2D eigenvalue weighted by molar-refractivity contribution is 7.89. The number of benzene rings is 1. The highest BCUT2D eigenvalue weighted by atomic mass is 32.2. The summed E-state index contributed by atoms with van der Waals surface area (Å²) < 4.78 is 27.1. The quantitative estimate of drug-likeness (QED) is 0.925. The molecule has 0 atom stereocenters. The molecule has 1 heterocycles. The SMILES string of the molecule is CCNC1CCN(S(=O)(=O)c2cc(C)ccc2C)CC1. The molecule has 0 aromatic heterocycles. The van der Waals surface area contributed by atoms with E-state index in [-0.39, 0.29) is 0 Å². The van der Waals surface area contributed by atoms with Gasteiger partial charge in [-0.3, -0.25) is 0 Å². The van der Waals surface area contributed by atoms with E-state index in [0.29, 0.717) is 24.0 Å². The molecule has 1 fully saturated rings. The van der Waals surface area contributed by atoms with Gasteiger partial charge >= 0.3 is 0 Å². The van der Waals surface area contributed by atoms with Gasteiger partial charge in [-0.2, -0.15) is 4.31 Å². The second-order valence-electron chi connectivity index (χ2n) is 5.50. The monoisotopic (exact) mass is 296 g/mol. The van der Waals surface area contributed by atoms with Crippen LogP contribution in [0.25, 0.3) is 0 Å². The molecule has 0 amide bonds. The molecule has 0 radical (unpaired) electrons. The van der Waals surface area contributed by atoms with E-state index >= 15 is 0 Å². The molecule has 1 aliphatic rings. The molecule has 0 bridgehead atoms. The van der Waals surface area contributed by atoms with Gasteiger partial charge in [-0.1, -0.05) is 19.1 Å². The van der Waals surface area contributed by atoms with Gasteiger partial charge in [-0.05, 0) is 50.4 Å². The average Bonchev–Trinajstić information content (AvgIpc) is 2.42. The van der Waals surface area contributed by atoms with Crippen molar-refractivity contribution < 1.29 is 8.42 Å². The van der Waals surface area contributed by atoms with Gasteiger partial charge in [-0.25, -0.2) is 8.42 Å². The maximum Gasteiger partial charge on any atom is 0.243 e. The van der Waals surface area contributed by atoms with Gasteiger partial charge in [0, 0.05) is 19.1 Å². The molecule has 1 aliphatic heterocycles. The maximum absolute atomic E-state index is 12.7. The Morgan fingerprint density at radius 3 is 2.50 bits per heavy atom. The number of nitrogens with zero attached hydrogens (tertiary/aromatic N) is 1. The Kier molecular flexibility index (Phi) is 4.83. The normalized spacial score (nSPS) is 18.4. The molecule has 0 saturated carbocycles. The second-order valence-corrected chi connectivity index (χ2v) is 7.41. The summed E-state index contributed by atoms with van der Waals surface area (Å²) in [6.07, 6.45) is 1.77. The molecular weight excluding hydrogens is 272 g/mol. The van der Waals surface area contributed by atoms with E-state index in [1.807, 2.05) is 26.0 Å². The first-order valence-electron chi connectivity index (χ1n) is 7.26. The Bertz CT molecular complexity index is 561. The Morgan fingerprint density at radius 1 is 1.25 bits per heavy atom. The predicted octanol–water partition coefficient (Wildman–Crippen LogP) is 2.07. The number of aryl methyl sites for hydroxylation is 2. The Hall–Kier alpha value is -0.910. The fourth-order valence-corrected chi connectivity index (χ4v) is 4.49. The molecular formula is C15H24N2O2S. The van der Waals surface area contributed by atoms with Crippen LogP contribution in [0, 0.1) is 13.8 Å². The summed E-state index contributed by atoms with van der Waals surface area (Å²) in [5.74, 6) is 0. The first kappa shape index (κ1) is 15.5. The molecule has 0 spiro atoms. The van der Waals surface area contributed by atoms with E-state index in [1.165, 1.54) is 0 Å². The lowest BCUT2D eigenvalue weighted by atomic mass is 10.1. The summed E-state index contributed by atoms with van der Waals surface area (Å²) in [6.45, 7) is 8.02. The van der Waals surface area contributed by atoms with Crippen LogP contribution < -0.4 is 5.32 Å². The minimum Gasteiger partial charge on any atom is -0.314 e. The van der Waals surface area contributed by atoms with Crippen LogP contribution in [0.3, 0.4) is 0 Å². The first-order chi connectivity index (χ1) is 9.45. The third-order valence-corrected chi connectivity index (χ3v) is 5.95. The van der Waals surface area contributed by atoms with Crippen molar-refractivity contribution in [1.82, 2.24) is 9.62 Å². The van der Waals surface area contributed by atoms with Crippen molar-refractivity contribution in [1.29, 1.82) is 0 Å². The largest absolute Gasteiger partial charge is 0.314 e. The fraction of sp³-hybridized carbons (Fsp3) is 0.600. The van der Waals surface area contributed by atoms with Crippen molar-refractivity contribution in [3.8, 4) is 0 Å². The van der Waals surface area contributed by atoms with Crippen LogP contribution in [-0.4, -0.2) is 38.4 Å². The number of sulfonamides is 1. The number of piperidine rings is 1. The van der Waals surface area contributed by atoms with Crippen molar-refractivity contribution in [2.45, 2.75) is 44.6 Å². The van der Waals surface area contributed by atoms with E-state index in [0.717, 1.165) is 30.5 Å². The summed E-state index contributed by atoms with van der Waals surface area (Å²) in [5.41, 5.74) is 1.81. The third-order valence-electron chi connectivity index (χ3n) is 3.91. The van der Waals surface area contributed by atoms with Crippen LogP contribution in [0.4, 0.5) is 0 Å². The summed E-state index contributed by atoms with van der Waals surface area (Å²) >= 11 is 0. The first-order valence-corrected chi connectivity index (χ1v) is 8.70. The van der Waals surface area contributed by atoms with Crippen molar-refractivity contribution in [2.75, 3.05) is 19.6 Å². The van der Waals surface area contributed by atoms with E-state index in [9.17, 15) is 8.42 Å². The zero-order valence-electron chi connectivity index (χ0n) is 12.5. The molecule has 20 heavy (non-hydrogen) atoms. The number of rotatable bonds is 4. The van der Waals surface area contributed by atoms with E-state index in [1.54, 1.807) is 10.4 Å². The standard InChI is InChI=1S/C15H24N2O2S/c1-4-16-14-7-9-17(10-8-14)20(18,19)15-11-12(2)5-6-13(15)3/h5-6,11,14,16H,4,7-10H2,1-3H3. The number of hydrogen-bond donors (Lipinski definition) is 1. The molecule has 0 unspecified atom stereocenters. The Labute approximate surface area is 122 Å². The molecule has 112 valence electrons. The van der Waals surface area contributed by atoms with Crippen LogP contribution in [0.2, 0.25) is 0 Å². The van der Waals surface area contributed by atoms with Gasteiger partial charge in [0.15, 0.2) is 0 Å². The summed E-state index contributed by atoms with van der Waals surface area (Å²) in [5, 5.41) is 3.40. The zero-order chi connectivity index (χ0) is 14.8. The lowest BCUT2D eigenvalue weighted by Gasteiger charge is -2.32. The molecule has 1 saturated heterocycles. The average molecular weight is 296 g/mol. The summed E-state index contributed by atoms with van der Waals surface area (Å²) in [6, 6.07) is 6.06. The minimum atomic E-state index is -3.35. The highest BCUT2D eigenvalue weighted by Crippen LogP contribution is 2.24. The van der Waals surface area contributed by atoms with Crippen LogP contribution in [-0.2, 0) is 10.0 Å². The molecule has 4 nitrogen and oxygen atoms in total. The molecule has 1 aromatic carbocycles. The zero-order valence-corrected chi connectivity index (χ0v) is 13.3. The van der Waals surface area contributed by atoms with Gasteiger partial charge in [-0.15, -0.1) is 0 Å². The lowest BCUT2D eigenvalue weighted by Crippen LogP contribution is -2.44. The van der Waals surface area contributed by atoms with Crippen LogP contribution in [0.15, 0.2) is 23.1 Å². The molecule has 1 aromatic rings. The smallest absolute Gasteiger partial charge is 0.243 e. The third kappa shape index (κ3) is 3.22. The summed E-state index contributed by atoms with van der Waals surface area (Å²) in [4.78, 5) is 0.458.